The normalized spacial score (nSPS) is 13.2. The predicted octanol–water partition coefficient (Wildman–Crippen LogP) is 7.23. The first kappa shape index (κ1) is 25.0. The van der Waals surface area contributed by atoms with Gasteiger partial charge in [-0.15, -0.1) is 0 Å². The fraction of sp³-hybridized carbons (Fsp3) is 0.345. The summed E-state index contributed by atoms with van der Waals surface area (Å²) in [4.78, 5) is 15.6. The van der Waals surface area contributed by atoms with Crippen molar-refractivity contribution in [2.75, 3.05) is 0 Å². The van der Waals surface area contributed by atoms with E-state index in [2.05, 4.69) is 82.4 Å². The number of carbonyl (C=O) groups is 1. The second-order valence-electron chi connectivity index (χ2n) is 9.17. The smallest absolute Gasteiger partial charge is 0.254 e. The van der Waals surface area contributed by atoms with E-state index in [1.807, 2.05) is 41.3 Å². The molecule has 0 saturated carbocycles. The summed E-state index contributed by atoms with van der Waals surface area (Å²) in [7, 11) is 0. The first-order chi connectivity index (χ1) is 15.8. The molecule has 4 heteroatoms. The van der Waals surface area contributed by atoms with Crippen LogP contribution >= 0.6 is 11.6 Å². The Kier molecular flexibility index (Phi) is 8.71. The summed E-state index contributed by atoms with van der Waals surface area (Å²) < 4.78 is 0. The van der Waals surface area contributed by atoms with Crippen LogP contribution in [0.5, 0.6) is 0 Å². The van der Waals surface area contributed by atoms with Gasteiger partial charge in [-0.2, -0.15) is 0 Å². The molecule has 1 amide bonds. The van der Waals surface area contributed by atoms with Crippen LogP contribution in [0, 0.1) is 0 Å². The van der Waals surface area contributed by atoms with E-state index in [1.165, 1.54) is 5.56 Å². The molecule has 0 aliphatic rings. The highest BCUT2D eigenvalue weighted by Gasteiger charge is 2.28. The molecule has 0 aliphatic heterocycles. The van der Waals surface area contributed by atoms with Crippen LogP contribution in [0.1, 0.15) is 73.6 Å². The molecule has 0 radical (unpaired) electrons. The lowest BCUT2D eigenvalue weighted by Gasteiger charge is -2.33. The molecule has 3 aromatic carbocycles. The van der Waals surface area contributed by atoms with Gasteiger partial charge in [0.1, 0.15) is 0 Å². The number of amides is 1. The summed E-state index contributed by atoms with van der Waals surface area (Å²) in [5.41, 5.74) is 4.19. The number of hydrogen-bond donors (Lipinski definition) is 1. The minimum Gasteiger partial charge on any atom is -0.334 e. The minimum atomic E-state index is 0.0166. The Morgan fingerprint density at radius 3 is 2.00 bits per heavy atom. The molecule has 0 unspecified atom stereocenters. The van der Waals surface area contributed by atoms with Crippen molar-refractivity contribution in [3.05, 3.63) is 106 Å². The number of hydrogen-bond acceptors (Lipinski definition) is 2. The van der Waals surface area contributed by atoms with Gasteiger partial charge in [-0.25, -0.2) is 0 Å². The van der Waals surface area contributed by atoms with E-state index in [9.17, 15) is 4.79 Å². The largest absolute Gasteiger partial charge is 0.334 e. The molecular weight excluding hydrogens is 428 g/mol. The zero-order chi connectivity index (χ0) is 24.0. The van der Waals surface area contributed by atoms with Gasteiger partial charge in [-0.05, 0) is 62.6 Å². The molecule has 0 fully saturated rings. The Labute approximate surface area is 203 Å². The second kappa shape index (κ2) is 11.5. The van der Waals surface area contributed by atoms with Crippen LogP contribution in [0.4, 0.5) is 0 Å². The predicted molar refractivity (Wildman–Crippen MR) is 139 cm³/mol. The Morgan fingerprint density at radius 1 is 0.818 bits per heavy atom. The molecule has 1 N–H and O–H groups in total. The lowest BCUT2D eigenvalue weighted by molar-refractivity contribution is 0.0642. The molecule has 174 valence electrons. The quantitative estimate of drug-likeness (QED) is 0.363. The molecule has 0 aliphatic carbocycles. The van der Waals surface area contributed by atoms with E-state index >= 15 is 0 Å². The van der Waals surface area contributed by atoms with E-state index in [4.69, 9.17) is 11.6 Å². The number of carbonyl (C=O) groups excluding carboxylic acids is 1. The van der Waals surface area contributed by atoms with Crippen molar-refractivity contribution in [2.24, 2.45) is 0 Å². The molecule has 2 atom stereocenters. The third-order valence-electron chi connectivity index (χ3n) is 6.13. The molecule has 0 aromatic heterocycles. The van der Waals surface area contributed by atoms with E-state index in [1.54, 1.807) is 0 Å². The number of halogens is 1. The fourth-order valence-corrected chi connectivity index (χ4v) is 4.68. The standard InChI is InChI=1S/C29H35ClN2O/c1-20(2)32(21(3)4)29(33)27-14-10-9-13-26(27)22(5)28(24-15-17-25(30)18-16-24)31-19-23-11-7-6-8-12-23/h6-18,20-22,28,31H,19H2,1-5H3/t22-,28+/m1/s1. The maximum absolute atomic E-state index is 13.6. The zero-order valence-corrected chi connectivity index (χ0v) is 21.0. The summed E-state index contributed by atoms with van der Waals surface area (Å²) in [6.07, 6.45) is 0. The lowest BCUT2D eigenvalue weighted by Crippen LogP contribution is -2.42. The fourth-order valence-electron chi connectivity index (χ4n) is 4.55. The van der Waals surface area contributed by atoms with E-state index in [-0.39, 0.29) is 30.0 Å². The SMILES string of the molecule is CC(C)N(C(=O)c1ccccc1[C@@H](C)[C@H](NCc1ccccc1)c1ccc(Cl)cc1)C(C)C. The van der Waals surface area contributed by atoms with Crippen LogP contribution in [0.3, 0.4) is 0 Å². The van der Waals surface area contributed by atoms with E-state index < -0.39 is 0 Å². The summed E-state index contributed by atoms with van der Waals surface area (Å²) in [5, 5.41) is 4.46. The van der Waals surface area contributed by atoms with Crippen LogP contribution in [0.25, 0.3) is 0 Å². The lowest BCUT2D eigenvalue weighted by atomic mass is 9.85. The van der Waals surface area contributed by atoms with Crippen molar-refractivity contribution in [1.29, 1.82) is 0 Å². The highest BCUT2D eigenvalue weighted by molar-refractivity contribution is 6.30. The van der Waals surface area contributed by atoms with E-state index in [0.29, 0.717) is 5.02 Å². The maximum Gasteiger partial charge on any atom is 0.254 e. The Bertz CT molecular complexity index is 1020. The molecule has 3 rings (SSSR count). The highest BCUT2D eigenvalue weighted by atomic mass is 35.5. The van der Waals surface area contributed by atoms with Gasteiger partial charge in [0.25, 0.3) is 5.91 Å². The molecule has 0 spiro atoms. The van der Waals surface area contributed by atoms with Crippen molar-refractivity contribution in [1.82, 2.24) is 10.2 Å². The molecule has 3 aromatic rings. The number of nitrogens with one attached hydrogen (secondary N) is 1. The van der Waals surface area contributed by atoms with Crippen LogP contribution < -0.4 is 5.32 Å². The van der Waals surface area contributed by atoms with Gasteiger partial charge in [0.2, 0.25) is 0 Å². The Hall–Kier alpha value is -2.62. The summed E-state index contributed by atoms with van der Waals surface area (Å²) >= 11 is 6.18. The number of rotatable bonds is 9. The molecular formula is C29H35ClN2O. The van der Waals surface area contributed by atoms with Gasteiger partial charge >= 0.3 is 0 Å². The van der Waals surface area contributed by atoms with Gasteiger partial charge in [0, 0.05) is 41.2 Å². The minimum absolute atomic E-state index is 0.0166. The molecule has 33 heavy (non-hydrogen) atoms. The van der Waals surface area contributed by atoms with Gasteiger partial charge in [-0.3, -0.25) is 4.79 Å². The van der Waals surface area contributed by atoms with Crippen molar-refractivity contribution >= 4 is 17.5 Å². The van der Waals surface area contributed by atoms with Crippen molar-refractivity contribution in [2.45, 2.75) is 65.2 Å². The van der Waals surface area contributed by atoms with Crippen molar-refractivity contribution < 1.29 is 4.79 Å². The van der Waals surface area contributed by atoms with Crippen LogP contribution in [-0.2, 0) is 6.54 Å². The topological polar surface area (TPSA) is 32.3 Å². The monoisotopic (exact) mass is 462 g/mol. The molecule has 0 saturated heterocycles. The summed E-state index contributed by atoms with van der Waals surface area (Å²) in [6, 6.07) is 26.7. The maximum atomic E-state index is 13.6. The van der Waals surface area contributed by atoms with Gasteiger partial charge in [0.05, 0.1) is 0 Å². The van der Waals surface area contributed by atoms with Crippen molar-refractivity contribution in [3.8, 4) is 0 Å². The second-order valence-corrected chi connectivity index (χ2v) is 9.61. The Morgan fingerprint density at radius 2 is 1.39 bits per heavy atom. The third kappa shape index (κ3) is 6.25. The average Bonchev–Trinajstić information content (AvgIpc) is 2.80. The average molecular weight is 463 g/mol. The zero-order valence-electron chi connectivity index (χ0n) is 20.3. The van der Waals surface area contributed by atoms with Crippen LogP contribution in [0.15, 0.2) is 78.9 Å². The molecule has 0 heterocycles. The van der Waals surface area contributed by atoms with Gasteiger partial charge < -0.3 is 10.2 Å². The third-order valence-corrected chi connectivity index (χ3v) is 6.38. The highest BCUT2D eigenvalue weighted by Crippen LogP contribution is 2.34. The Balaban J connectivity index is 1.98. The summed E-state index contributed by atoms with van der Waals surface area (Å²) in [6.45, 7) is 11.2. The first-order valence-electron chi connectivity index (χ1n) is 11.7. The molecule has 3 nitrogen and oxygen atoms in total. The van der Waals surface area contributed by atoms with Crippen molar-refractivity contribution in [3.63, 3.8) is 0 Å². The first-order valence-corrected chi connectivity index (χ1v) is 12.1. The van der Waals surface area contributed by atoms with E-state index in [0.717, 1.165) is 23.2 Å². The van der Waals surface area contributed by atoms with Gasteiger partial charge in [-0.1, -0.05) is 79.2 Å². The van der Waals surface area contributed by atoms with Crippen LogP contribution in [0.2, 0.25) is 5.02 Å². The number of benzene rings is 3. The number of nitrogens with zero attached hydrogens (tertiary/aromatic N) is 1. The molecule has 0 bridgehead atoms. The summed E-state index contributed by atoms with van der Waals surface area (Å²) in [5.74, 6) is 0.150. The van der Waals surface area contributed by atoms with Crippen LogP contribution in [-0.4, -0.2) is 22.9 Å². The van der Waals surface area contributed by atoms with Gasteiger partial charge in [0.15, 0.2) is 0 Å².